The number of hydrogen-bond donors (Lipinski definition) is 0. The molecule has 0 aliphatic carbocycles. The molecule has 0 N–H and O–H groups in total. The summed E-state index contributed by atoms with van der Waals surface area (Å²) in [7, 11) is 0. The molecule has 1 aromatic heterocycles. The largest absolute Gasteiger partial charge is 0.335 e. The molecule has 1 heterocycles. The van der Waals surface area contributed by atoms with Gasteiger partial charge in [-0.3, -0.25) is 0 Å². The summed E-state index contributed by atoms with van der Waals surface area (Å²) in [5, 5.41) is 0. The first-order valence-electron chi connectivity index (χ1n) is 6.87. The van der Waals surface area contributed by atoms with Crippen LogP contribution in [0.2, 0.25) is 0 Å². The van der Waals surface area contributed by atoms with Gasteiger partial charge in [-0.15, -0.1) is 0 Å². The molecule has 2 heteroatoms. The van der Waals surface area contributed by atoms with Gasteiger partial charge in [-0.05, 0) is 19.8 Å². The van der Waals surface area contributed by atoms with Crippen molar-refractivity contribution in [3.63, 3.8) is 0 Å². The summed E-state index contributed by atoms with van der Waals surface area (Å²) in [5.74, 6) is 0. The zero-order valence-corrected chi connectivity index (χ0v) is 10.9. The second kappa shape index (κ2) is 8.37. The van der Waals surface area contributed by atoms with Crippen LogP contribution in [0.4, 0.5) is 0 Å². The van der Waals surface area contributed by atoms with E-state index >= 15 is 0 Å². The molecule has 0 bridgehead atoms. The van der Waals surface area contributed by atoms with Crippen molar-refractivity contribution in [2.75, 3.05) is 0 Å². The SMILES string of the molecule is CCCCCCCCCc1cncn1CC. The van der Waals surface area contributed by atoms with Gasteiger partial charge in [-0.25, -0.2) is 4.98 Å². The van der Waals surface area contributed by atoms with Crippen molar-refractivity contribution in [1.82, 2.24) is 9.55 Å². The summed E-state index contributed by atoms with van der Waals surface area (Å²) in [6.07, 6.45) is 14.8. The van der Waals surface area contributed by atoms with E-state index in [4.69, 9.17) is 0 Å². The first-order valence-corrected chi connectivity index (χ1v) is 6.87. The Morgan fingerprint density at radius 2 is 1.69 bits per heavy atom. The zero-order valence-electron chi connectivity index (χ0n) is 10.9. The van der Waals surface area contributed by atoms with E-state index in [0.29, 0.717) is 0 Å². The second-order valence-corrected chi connectivity index (χ2v) is 4.54. The van der Waals surface area contributed by atoms with E-state index < -0.39 is 0 Å². The zero-order chi connectivity index (χ0) is 11.6. The van der Waals surface area contributed by atoms with Crippen LogP contribution in [0.5, 0.6) is 0 Å². The molecule has 0 aliphatic heterocycles. The van der Waals surface area contributed by atoms with Gasteiger partial charge in [0.1, 0.15) is 0 Å². The van der Waals surface area contributed by atoms with Crippen LogP contribution in [-0.2, 0) is 13.0 Å². The van der Waals surface area contributed by atoms with E-state index in [1.54, 1.807) is 0 Å². The van der Waals surface area contributed by atoms with E-state index in [2.05, 4.69) is 23.4 Å². The van der Waals surface area contributed by atoms with Crippen molar-refractivity contribution in [1.29, 1.82) is 0 Å². The number of aryl methyl sites for hydroxylation is 2. The monoisotopic (exact) mass is 222 g/mol. The molecule has 0 aromatic carbocycles. The third kappa shape index (κ3) is 4.82. The summed E-state index contributed by atoms with van der Waals surface area (Å²) in [6, 6.07) is 0. The highest BCUT2D eigenvalue weighted by atomic mass is 15.0. The van der Waals surface area contributed by atoms with Crippen LogP contribution in [0.15, 0.2) is 12.5 Å². The number of nitrogens with zero attached hydrogens (tertiary/aromatic N) is 2. The average molecular weight is 222 g/mol. The van der Waals surface area contributed by atoms with Crippen molar-refractivity contribution in [2.45, 2.75) is 71.8 Å². The third-order valence-electron chi connectivity index (χ3n) is 3.18. The summed E-state index contributed by atoms with van der Waals surface area (Å²) >= 11 is 0. The Bertz CT molecular complexity index is 265. The number of aromatic nitrogens is 2. The van der Waals surface area contributed by atoms with Gasteiger partial charge in [0.05, 0.1) is 6.33 Å². The number of unbranched alkanes of at least 4 members (excludes halogenated alkanes) is 6. The lowest BCUT2D eigenvalue weighted by Crippen LogP contribution is -1.98. The van der Waals surface area contributed by atoms with E-state index in [9.17, 15) is 0 Å². The van der Waals surface area contributed by atoms with Crippen molar-refractivity contribution < 1.29 is 0 Å². The van der Waals surface area contributed by atoms with Gasteiger partial charge in [0.2, 0.25) is 0 Å². The van der Waals surface area contributed by atoms with Crippen molar-refractivity contribution in [3.05, 3.63) is 18.2 Å². The fourth-order valence-corrected chi connectivity index (χ4v) is 2.10. The van der Waals surface area contributed by atoms with Gasteiger partial charge in [0.25, 0.3) is 0 Å². The quantitative estimate of drug-likeness (QED) is 0.573. The number of imidazole rings is 1. The molecule has 16 heavy (non-hydrogen) atoms. The Balaban J connectivity index is 2.03. The Labute approximate surface area is 100 Å². The lowest BCUT2D eigenvalue weighted by molar-refractivity contribution is 0.580. The summed E-state index contributed by atoms with van der Waals surface area (Å²) in [6.45, 7) is 5.49. The fraction of sp³-hybridized carbons (Fsp3) is 0.786. The second-order valence-electron chi connectivity index (χ2n) is 4.54. The minimum Gasteiger partial charge on any atom is -0.335 e. The minimum atomic E-state index is 1.05. The molecule has 0 amide bonds. The summed E-state index contributed by atoms with van der Waals surface area (Å²) in [4.78, 5) is 4.20. The van der Waals surface area contributed by atoms with Gasteiger partial charge in [0, 0.05) is 18.4 Å². The highest BCUT2D eigenvalue weighted by Gasteiger charge is 1.99. The lowest BCUT2D eigenvalue weighted by atomic mass is 10.1. The maximum Gasteiger partial charge on any atom is 0.0948 e. The highest BCUT2D eigenvalue weighted by Crippen LogP contribution is 2.10. The Morgan fingerprint density at radius 3 is 2.38 bits per heavy atom. The number of hydrogen-bond acceptors (Lipinski definition) is 1. The summed E-state index contributed by atoms with van der Waals surface area (Å²) in [5.41, 5.74) is 1.40. The fourth-order valence-electron chi connectivity index (χ4n) is 2.10. The van der Waals surface area contributed by atoms with Crippen molar-refractivity contribution in [3.8, 4) is 0 Å². The molecule has 0 saturated heterocycles. The van der Waals surface area contributed by atoms with Crippen LogP contribution >= 0.6 is 0 Å². The standard InChI is InChI=1S/C14H26N2/c1-3-5-6-7-8-9-10-11-14-12-15-13-16(14)4-2/h12-13H,3-11H2,1-2H3. The predicted octanol–water partition coefficient (Wildman–Crippen LogP) is 4.20. The van der Waals surface area contributed by atoms with Gasteiger partial charge >= 0.3 is 0 Å². The van der Waals surface area contributed by atoms with Gasteiger partial charge in [-0.1, -0.05) is 45.4 Å². The minimum absolute atomic E-state index is 1.05. The molecule has 0 fully saturated rings. The van der Waals surface area contributed by atoms with E-state index in [1.165, 1.54) is 57.1 Å². The smallest absolute Gasteiger partial charge is 0.0948 e. The first-order chi connectivity index (χ1) is 7.88. The van der Waals surface area contributed by atoms with Crippen molar-refractivity contribution in [2.24, 2.45) is 0 Å². The molecule has 0 saturated carbocycles. The maximum absolute atomic E-state index is 4.20. The summed E-state index contributed by atoms with van der Waals surface area (Å²) < 4.78 is 2.25. The maximum atomic E-state index is 4.20. The van der Waals surface area contributed by atoms with Gasteiger partial charge in [-0.2, -0.15) is 0 Å². The molecule has 0 unspecified atom stereocenters. The lowest BCUT2D eigenvalue weighted by Gasteiger charge is -2.04. The molecule has 2 nitrogen and oxygen atoms in total. The highest BCUT2D eigenvalue weighted by molar-refractivity contribution is 4.98. The topological polar surface area (TPSA) is 17.8 Å². The third-order valence-corrected chi connectivity index (χ3v) is 3.18. The molecular formula is C14H26N2. The molecule has 92 valence electrons. The van der Waals surface area contributed by atoms with Crippen LogP contribution < -0.4 is 0 Å². The Morgan fingerprint density at radius 1 is 1.00 bits per heavy atom. The van der Waals surface area contributed by atoms with Gasteiger partial charge in [0.15, 0.2) is 0 Å². The van der Waals surface area contributed by atoms with Crippen LogP contribution in [0.25, 0.3) is 0 Å². The first kappa shape index (κ1) is 13.3. The van der Waals surface area contributed by atoms with Crippen LogP contribution in [0.3, 0.4) is 0 Å². The van der Waals surface area contributed by atoms with Gasteiger partial charge < -0.3 is 4.57 Å². The molecule has 1 rings (SSSR count). The molecular weight excluding hydrogens is 196 g/mol. The molecule has 0 radical (unpaired) electrons. The number of rotatable bonds is 9. The van der Waals surface area contributed by atoms with Crippen LogP contribution in [-0.4, -0.2) is 9.55 Å². The van der Waals surface area contributed by atoms with Crippen LogP contribution in [0, 0.1) is 0 Å². The predicted molar refractivity (Wildman–Crippen MR) is 69.6 cm³/mol. The molecule has 0 aliphatic rings. The molecule has 1 aromatic rings. The average Bonchev–Trinajstić information content (AvgIpc) is 2.75. The Kier molecular flexibility index (Phi) is 6.95. The Hall–Kier alpha value is -0.790. The van der Waals surface area contributed by atoms with E-state index in [-0.39, 0.29) is 0 Å². The van der Waals surface area contributed by atoms with Crippen LogP contribution in [0.1, 0.15) is 64.5 Å². The molecule has 0 spiro atoms. The van der Waals surface area contributed by atoms with E-state index in [1.807, 2.05) is 12.5 Å². The molecule has 0 atom stereocenters. The van der Waals surface area contributed by atoms with E-state index in [0.717, 1.165) is 6.54 Å². The van der Waals surface area contributed by atoms with Crippen molar-refractivity contribution >= 4 is 0 Å². The normalized spacial score (nSPS) is 10.9.